The zero-order valence-corrected chi connectivity index (χ0v) is 8.14. The van der Waals surface area contributed by atoms with Gasteiger partial charge in [0, 0.05) is 6.20 Å². The SMILES string of the molecule is Cc1ccn(NCc2ccccc2)n1. The van der Waals surface area contributed by atoms with Crippen molar-refractivity contribution in [1.82, 2.24) is 9.89 Å². The van der Waals surface area contributed by atoms with Gasteiger partial charge in [-0.25, -0.2) is 0 Å². The second-order valence-corrected chi connectivity index (χ2v) is 3.22. The van der Waals surface area contributed by atoms with Gasteiger partial charge in [0.1, 0.15) is 0 Å². The molecule has 0 spiro atoms. The average molecular weight is 187 g/mol. The lowest BCUT2D eigenvalue weighted by Gasteiger charge is -2.05. The van der Waals surface area contributed by atoms with E-state index in [-0.39, 0.29) is 0 Å². The largest absolute Gasteiger partial charge is 0.306 e. The summed E-state index contributed by atoms with van der Waals surface area (Å²) in [6.45, 7) is 2.77. The van der Waals surface area contributed by atoms with E-state index in [9.17, 15) is 0 Å². The highest BCUT2D eigenvalue weighted by Gasteiger charge is 1.93. The molecular formula is C11H13N3. The Bertz CT molecular complexity index is 392. The van der Waals surface area contributed by atoms with E-state index in [2.05, 4.69) is 22.7 Å². The van der Waals surface area contributed by atoms with Crippen LogP contribution in [-0.4, -0.2) is 9.89 Å². The molecule has 0 radical (unpaired) electrons. The third-order valence-electron chi connectivity index (χ3n) is 2.01. The summed E-state index contributed by atoms with van der Waals surface area (Å²) in [6, 6.07) is 12.2. The van der Waals surface area contributed by atoms with Crippen molar-refractivity contribution in [2.75, 3.05) is 5.43 Å². The highest BCUT2D eigenvalue weighted by Crippen LogP contribution is 1.98. The minimum Gasteiger partial charge on any atom is -0.306 e. The van der Waals surface area contributed by atoms with Gasteiger partial charge >= 0.3 is 0 Å². The van der Waals surface area contributed by atoms with Crippen molar-refractivity contribution >= 4 is 0 Å². The van der Waals surface area contributed by atoms with Gasteiger partial charge in [0.15, 0.2) is 0 Å². The number of nitrogens with zero attached hydrogens (tertiary/aromatic N) is 2. The minimum absolute atomic E-state index is 0.794. The lowest BCUT2D eigenvalue weighted by Crippen LogP contribution is -2.14. The molecule has 0 aliphatic carbocycles. The Morgan fingerprint density at radius 1 is 1.21 bits per heavy atom. The van der Waals surface area contributed by atoms with Gasteiger partial charge in [-0.3, -0.25) is 0 Å². The van der Waals surface area contributed by atoms with Crippen LogP contribution in [0, 0.1) is 6.92 Å². The molecule has 0 aliphatic heterocycles. The summed E-state index contributed by atoms with van der Waals surface area (Å²) in [5, 5.41) is 4.23. The highest BCUT2D eigenvalue weighted by molar-refractivity contribution is 5.15. The maximum atomic E-state index is 4.23. The monoisotopic (exact) mass is 187 g/mol. The van der Waals surface area contributed by atoms with Crippen molar-refractivity contribution in [3.05, 3.63) is 53.9 Å². The van der Waals surface area contributed by atoms with Crippen LogP contribution in [0.3, 0.4) is 0 Å². The molecule has 3 nitrogen and oxygen atoms in total. The van der Waals surface area contributed by atoms with Crippen LogP contribution >= 0.6 is 0 Å². The number of hydrogen-bond donors (Lipinski definition) is 1. The highest BCUT2D eigenvalue weighted by atomic mass is 15.5. The van der Waals surface area contributed by atoms with Crippen LogP contribution in [0.25, 0.3) is 0 Å². The first-order chi connectivity index (χ1) is 6.84. The first-order valence-electron chi connectivity index (χ1n) is 4.65. The van der Waals surface area contributed by atoms with Gasteiger partial charge in [0.05, 0.1) is 12.2 Å². The smallest absolute Gasteiger partial charge is 0.0614 e. The Kier molecular flexibility index (Phi) is 2.49. The lowest BCUT2D eigenvalue weighted by molar-refractivity contribution is 0.723. The number of nitrogens with one attached hydrogen (secondary N) is 1. The molecule has 1 N–H and O–H groups in total. The van der Waals surface area contributed by atoms with E-state index in [1.807, 2.05) is 37.4 Å². The van der Waals surface area contributed by atoms with Gasteiger partial charge in [-0.2, -0.15) is 9.89 Å². The Hall–Kier alpha value is -1.77. The first-order valence-corrected chi connectivity index (χ1v) is 4.65. The summed E-state index contributed by atoms with van der Waals surface area (Å²) in [6.07, 6.45) is 1.91. The summed E-state index contributed by atoms with van der Waals surface area (Å²) >= 11 is 0. The number of hydrogen-bond acceptors (Lipinski definition) is 2. The predicted octanol–water partition coefficient (Wildman–Crippen LogP) is 1.94. The molecule has 1 heterocycles. The van der Waals surface area contributed by atoms with Crippen LogP contribution in [0.2, 0.25) is 0 Å². The Labute approximate surface area is 83.3 Å². The molecule has 2 rings (SSSR count). The van der Waals surface area contributed by atoms with Crippen molar-refractivity contribution in [3.8, 4) is 0 Å². The Morgan fingerprint density at radius 3 is 2.64 bits per heavy atom. The predicted molar refractivity (Wildman–Crippen MR) is 56.5 cm³/mol. The third-order valence-corrected chi connectivity index (χ3v) is 2.01. The van der Waals surface area contributed by atoms with Crippen molar-refractivity contribution in [2.45, 2.75) is 13.5 Å². The lowest BCUT2D eigenvalue weighted by atomic mass is 10.2. The maximum Gasteiger partial charge on any atom is 0.0614 e. The Morgan fingerprint density at radius 2 is 2.00 bits per heavy atom. The molecule has 0 saturated carbocycles. The summed E-state index contributed by atoms with van der Waals surface area (Å²) in [5.41, 5.74) is 5.46. The van der Waals surface area contributed by atoms with Crippen LogP contribution in [0.4, 0.5) is 0 Å². The van der Waals surface area contributed by atoms with Gasteiger partial charge in [0.25, 0.3) is 0 Å². The standard InChI is InChI=1S/C11H13N3/c1-10-7-8-14(13-10)12-9-11-5-3-2-4-6-11/h2-8,12H,9H2,1H3. The van der Waals surface area contributed by atoms with Gasteiger partial charge in [-0.15, -0.1) is 0 Å². The molecule has 0 fully saturated rings. The molecule has 0 aliphatic rings. The van der Waals surface area contributed by atoms with Gasteiger partial charge in [0.2, 0.25) is 0 Å². The molecule has 2 aromatic rings. The molecule has 3 heteroatoms. The fourth-order valence-electron chi connectivity index (χ4n) is 1.27. The summed E-state index contributed by atoms with van der Waals surface area (Å²) in [4.78, 5) is 1.74. The summed E-state index contributed by atoms with van der Waals surface area (Å²) < 4.78 is 0. The summed E-state index contributed by atoms with van der Waals surface area (Å²) in [7, 11) is 0. The fraction of sp³-hybridized carbons (Fsp3) is 0.182. The molecule has 0 amide bonds. The van der Waals surface area contributed by atoms with Crippen molar-refractivity contribution in [3.63, 3.8) is 0 Å². The van der Waals surface area contributed by atoms with E-state index in [0.717, 1.165) is 12.2 Å². The van der Waals surface area contributed by atoms with Crippen LogP contribution in [0.5, 0.6) is 0 Å². The van der Waals surface area contributed by atoms with Crippen LogP contribution in [0.1, 0.15) is 11.3 Å². The maximum absolute atomic E-state index is 4.23. The number of rotatable bonds is 3. The quantitative estimate of drug-likeness (QED) is 0.795. The Balaban J connectivity index is 1.95. The third kappa shape index (κ3) is 2.13. The van der Waals surface area contributed by atoms with E-state index in [0.29, 0.717) is 0 Å². The van der Waals surface area contributed by atoms with Crippen LogP contribution in [-0.2, 0) is 6.54 Å². The molecule has 1 aromatic carbocycles. The topological polar surface area (TPSA) is 29.9 Å². The van der Waals surface area contributed by atoms with Crippen LogP contribution < -0.4 is 5.43 Å². The molecule has 0 unspecified atom stereocenters. The molecule has 1 aromatic heterocycles. The zero-order chi connectivity index (χ0) is 9.80. The van der Waals surface area contributed by atoms with Crippen molar-refractivity contribution in [1.29, 1.82) is 0 Å². The van der Waals surface area contributed by atoms with E-state index >= 15 is 0 Å². The van der Waals surface area contributed by atoms with E-state index < -0.39 is 0 Å². The fourth-order valence-corrected chi connectivity index (χ4v) is 1.27. The van der Waals surface area contributed by atoms with Gasteiger partial charge < -0.3 is 5.43 Å². The minimum atomic E-state index is 0.794. The molecule has 0 atom stereocenters. The van der Waals surface area contributed by atoms with Crippen molar-refractivity contribution in [2.24, 2.45) is 0 Å². The number of aromatic nitrogens is 2. The molecular weight excluding hydrogens is 174 g/mol. The van der Waals surface area contributed by atoms with Crippen molar-refractivity contribution < 1.29 is 0 Å². The van der Waals surface area contributed by atoms with Gasteiger partial charge in [-0.1, -0.05) is 30.3 Å². The molecule has 0 bridgehead atoms. The average Bonchev–Trinajstić information content (AvgIpc) is 2.63. The first kappa shape index (κ1) is 8.81. The van der Waals surface area contributed by atoms with Crippen LogP contribution in [0.15, 0.2) is 42.6 Å². The second kappa shape index (κ2) is 3.96. The molecule has 14 heavy (non-hydrogen) atoms. The van der Waals surface area contributed by atoms with E-state index in [4.69, 9.17) is 0 Å². The molecule has 0 saturated heterocycles. The van der Waals surface area contributed by atoms with Gasteiger partial charge in [-0.05, 0) is 18.6 Å². The number of aryl methyl sites for hydroxylation is 1. The zero-order valence-electron chi connectivity index (χ0n) is 8.14. The van der Waals surface area contributed by atoms with E-state index in [1.54, 1.807) is 4.79 Å². The molecule has 72 valence electrons. The second-order valence-electron chi connectivity index (χ2n) is 3.22. The number of benzene rings is 1. The normalized spacial score (nSPS) is 10.1. The van der Waals surface area contributed by atoms with E-state index in [1.165, 1.54) is 5.56 Å². The summed E-state index contributed by atoms with van der Waals surface area (Å²) in [5.74, 6) is 0.